The van der Waals surface area contributed by atoms with Crippen LogP contribution in [0.4, 0.5) is 0 Å². The van der Waals surface area contributed by atoms with Gasteiger partial charge in [-0.2, -0.15) is 0 Å². The molecule has 0 aromatic rings. The summed E-state index contributed by atoms with van der Waals surface area (Å²) in [5.74, 6) is -10.1. The van der Waals surface area contributed by atoms with E-state index >= 15 is 0 Å². The summed E-state index contributed by atoms with van der Waals surface area (Å²) in [7, 11) is 0. The Morgan fingerprint density at radius 2 is 0.778 bits per heavy atom. The molecule has 0 radical (unpaired) electrons. The molecule has 23 heteroatoms. The molecule has 0 heterocycles. The molecule has 0 fully saturated rings. The second-order valence-electron chi connectivity index (χ2n) is 8.72. The highest BCUT2D eigenvalue weighted by atomic mass is 16.4. The Bertz CT molecular complexity index is 1180. The fourth-order valence-electron chi connectivity index (χ4n) is 2.81. The smallest absolute Gasteiger partial charge is 0.326 e. The number of carbonyl (C=O) groups is 11. The van der Waals surface area contributed by atoms with Gasteiger partial charge in [0.05, 0.1) is 58.7 Å². The van der Waals surface area contributed by atoms with Gasteiger partial charge in [-0.15, -0.1) is 0 Å². The Balaban J connectivity index is 4.25. The third-order valence-corrected chi connectivity index (χ3v) is 4.93. The van der Waals surface area contributed by atoms with Gasteiger partial charge in [0.2, 0.25) is 59.1 Å². The Kier molecular flexibility index (Phi) is 18.2. The summed E-state index contributed by atoms with van der Waals surface area (Å²) >= 11 is 0. The second kappa shape index (κ2) is 20.9. The maximum atomic E-state index is 12.1. The number of rotatable bonds is 21. The fraction of sp³-hybridized carbons (Fsp3) is 0.500. The number of carbonyl (C=O) groups excluding carboxylic acids is 10. The number of hydrogen-bond donors (Lipinski definition) is 12. The lowest BCUT2D eigenvalue weighted by atomic mass is 10.2. The second-order valence-corrected chi connectivity index (χ2v) is 8.72. The summed E-state index contributed by atoms with van der Waals surface area (Å²) in [6.45, 7) is -4.19. The first-order valence-electron chi connectivity index (χ1n) is 12.7. The average Bonchev–Trinajstić information content (AvgIpc) is 2.96. The first-order chi connectivity index (χ1) is 21.0. The van der Waals surface area contributed by atoms with Crippen molar-refractivity contribution in [1.29, 1.82) is 0 Å². The Morgan fingerprint density at radius 1 is 0.467 bits per heavy atom. The lowest BCUT2D eigenvalue weighted by molar-refractivity contribution is -0.143. The van der Waals surface area contributed by atoms with Crippen molar-refractivity contribution in [1.82, 2.24) is 42.5 Å². The third-order valence-electron chi connectivity index (χ3n) is 4.93. The number of nitrogens with one attached hydrogen (secondary N) is 8. The highest BCUT2D eigenvalue weighted by Crippen LogP contribution is 1.92. The standard InChI is InChI=1S/C22H35N11O12/c23-3-14(36)32-10(1-12(24)34)21(43)31-8-19(41)29-6-17(39)27-4-15(37)26-5-16(38)28-7-18(40)30-9-20(42)33-11(22(44)45)2-13(25)35/h10-11H,1-9,23H2,(H2,24,34)(H2,25,35)(H,26,37)(H,27,39)(H,28,38)(H,29,41)(H,30,40)(H,31,43)(H,32,36)(H,33,42)(H,44,45)/t10-,11-/m0/s1. The minimum atomic E-state index is -1.59. The summed E-state index contributed by atoms with van der Waals surface area (Å²) in [4.78, 5) is 127. The normalized spacial score (nSPS) is 11.3. The Morgan fingerprint density at radius 3 is 1.11 bits per heavy atom. The van der Waals surface area contributed by atoms with Crippen LogP contribution in [-0.4, -0.2) is 128 Å². The molecule has 23 nitrogen and oxygen atoms in total. The lowest BCUT2D eigenvalue weighted by Crippen LogP contribution is -2.52. The highest BCUT2D eigenvalue weighted by molar-refractivity contribution is 5.95. The van der Waals surface area contributed by atoms with Gasteiger partial charge in [-0.25, -0.2) is 4.79 Å². The molecule has 0 aliphatic heterocycles. The monoisotopic (exact) mass is 645 g/mol. The van der Waals surface area contributed by atoms with Gasteiger partial charge >= 0.3 is 5.97 Å². The van der Waals surface area contributed by atoms with Crippen LogP contribution in [0.1, 0.15) is 12.8 Å². The van der Waals surface area contributed by atoms with Gasteiger partial charge in [-0.05, 0) is 0 Å². The fourth-order valence-corrected chi connectivity index (χ4v) is 2.81. The van der Waals surface area contributed by atoms with Crippen molar-refractivity contribution < 1.29 is 57.8 Å². The summed E-state index contributed by atoms with van der Waals surface area (Å²) in [5.41, 5.74) is 15.0. The van der Waals surface area contributed by atoms with Gasteiger partial charge in [0.25, 0.3) is 0 Å². The van der Waals surface area contributed by atoms with Crippen molar-refractivity contribution >= 4 is 65.0 Å². The van der Waals surface area contributed by atoms with Gasteiger partial charge in [0.15, 0.2) is 0 Å². The van der Waals surface area contributed by atoms with Crippen LogP contribution in [0, 0.1) is 0 Å². The molecule has 2 atom stereocenters. The number of carboxylic acid groups (broad SMARTS) is 1. The van der Waals surface area contributed by atoms with Crippen molar-refractivity contribution in [2.75, 3.05) is 45.8 Å². The van der Waals surface area contributed by atoms with Crippen molar-refractivity contribution in [3.8, 4) is 0 Å². The van der Waals surface area contributed by atoms with E-state index in [4.69, 9.17) is 22.3 Å². The lowest BCUT2D eigenvalue weighted by Gasteiger charge is -2.16. The number of carboxylic acids is 1. The highest BCUT2D eigenvalue weighted by Gasteiger charge is 2.24. The molecule has 0 aliphatic carbocycles. The molecule has 0 unspecified atom stereocenters. The number of hydrogen-bond acceptors (Lipinski definition) is 12. The summed E-state index contributed by atoms with van der Waals surface area (Å²) < 4.78 is 0. The molecule has 0 aliphatic rings. The maximum Gasteiger partial charge on any atom is 0.326 e. The predicted molar refractivity (Wildman–Crippen MR) is 146 cm³/mol. The van der Waals surface area contributed by atoms with E-state index in [0.29, 0.717) is 0 Å². The molecular formula is C22H35N11O12. The predicted octanol–water partition coefficient (Wildman–Crippen LogP) is -9.55. The van der Waals surface area contributed by atoms with Crippen molar-refractivity contribution in [3.63, 3.8) is 0 Å². The van der Waals surface area contributed by atoms with Crippen LogP contribution in [0.25, 0.3) is 0 Å². The van der Waals surface area contributed by atoms with Gasteiger partial charge in [-0.1, -0.05) is 0 Å². The average molecular weight is 646 g/mol. The van der Waals surface area contributed by atoms with Crippen LogP contribution in [-0.2, 0) is 52.7 Å². The third kappa shape index (κ3) is 19.8. The topological polar surface area (TPSA) is 382 Å². The minimum absolute atomic E-state index is 0.464. The molecule has 10 amide bonds. The van der Waals surface area contributed by atoms with Crippen molar-refractivity contribution in [2.24, 2.45) is 17.2 Å². The van der Waals surface area contributed by atoms with Gasteiger partial charge in [0, 0.05) is 0 Å². The van der Waals surface area contributed by atoms with E-state index in [0.717, 1.165) is 0 Å². The molecule has 0 saturated carbocycles. The van der Waals surface area contributed by atoms with Crippen LogP contribution >= 0.6 is 0 Å². The van der Waals surface area contributed by atoms with Crippen LogP contribution in [0.2, 0.25) is 0 Å². The van der Waals surface area contributed by atoms with Crippen LogP contribution < -0.4 is 59.7 Å². The van der Waals surface area contributed by atoms with E-state index in [1.165, 1.54) is 0 Å². The first kappa shape index (κ1) is 39.1. The molecule has 0 bridgehead atoms. The number of amides is 10. The Hall–Kier alpha value is -5.87. The van der Waals surface area contributed by atoms with E-state index in [1.807, 2.05) is 5.32 Å². The maximum absolute atomic E-state index is 12.1. The molecule has 0 aromatic heterocycles. The zero-order valence-electron chi connectivity index (χ0n) is 23.7. The molecule has 0 aromatic carbocycles. The largest absolute Gasteiger partial charge is 0.480 e. The zero-order chi connectivity index (χ0) is 34.5. The van der Waals surface area contributed by atoms with Crippen LogP contribution in [0.15, 0.2) is 0 Å². The van der Waals surface area contributed by atoms with Gasteiger partial charge in [0.1, 0.15) is 12.1 Å². The molecular weight excluding hydrogens is 610 g/mol. The van der Waals surface area contributed by atoms with Gasteiger partial charge < -0.3 is 64.8 Å². The van der Waals surface area contributed by atoms with Crippen molar-refractivity contribution in [2.45, 2.75) is 24.9 Å². The molecule has 15 N–H and O–H groups in total. The van der Waals surface area contributed by atoms with Gasteiger partial charge in [-0.3, -0.25) is 47.9 Å². The summed E-state index contributed by atoms with van der Waals surface area (Å²) in [6.07, 6.45) is -1.22. The number of primary amides is 2. The molecule has 0 spiro atoms. The molecule has 45 heavy (non-hydrogen) atoms. The minimum Gasteiger partial charge on any atom is -0.480 e. The Labute approximate surface area is 253 Å². The van der Waals surface area contributed by atoms with E-state index in [-0.39, 0.29) is 0 Å². The van der Waals surface area contributed by atoms with Crippen molar-refractivity contribution in [3.05, 3.63) is 0 Å². The van der Waals surface area contributed by atoms with Crippen LogP contribution in [0.5, 0.6) is 0 Å². The quantitative estimate of drug-likeness (QED) is 0.0552. The van der Waals surface area contributed by atoms with E-state index in [9.17, 15) is 52.7 Å². The van der Waals surface area contributed by atoms with E-state index in [2.05, 4.69) is 37.2 Å². The molecule has 0 saturated heterocycles. The van der Waals surface area contributed by atoms with E-state index < -0.39 is 136 Å². The van der Waals surface area contributed by atoms with E-state index in [1.54, 1.807) is 0 Å². The number of nitrogens with two attached hydrogens (primary N) is 3. The number of aliphatic carboxylic acids is 1. The molecule has 250 valence electrons. The summed E-state index contributed by atoms with van der Waals surface area (Å²) in [5, 5.41) is 25.8. The molecule has 0 rings (SSSR count). The SMILES string of the molecule is NCC(=O)N[C@@H](CC(N)=O)C(=O)NCC(=O)NCC(=O)NCC(=O)NCC(=O)NCC(=O)NCC(=O)N[C@@H](CC(N)=O)C(=O)O. The zero-order valence-corrected chi connectivity index (χ0v) is 23.7. The van der Waals surface area contributed by atoms with Crippen LogP contribution in [0.3, 0.4) is 0 Å². The summed E-state index contributed by atoms with van der Waals surface area (Å²) in [6, 6.07) is -2.96. The first-order valence-corrected chi connectivity index (χ1v) is 12.7.